The lowest BCUT2D eigenvalue weighted by Crippen LogP contribution is -2.52. The van der Waals surface area contributed by atoms with E-state index in [1.54, 1.807) is 36.7 Å². The van der Waals surface area contributed by atoms with Gasteiger partial charge in [0.25, 0.3) is 0 Å². The van der Waals surface area contributed by atoms with Crippen LogP contribution in [0.3, 0.4) is 0 Å². The quantitative estimate of drug-likeness (QED) is 0.712. The molecule has 0 saturated carbocycles. The Balaban J connectivity index is 1.19. The molecule has 2 aliphatic heterocycles. The van der Waals surface area contributed by atoms with E-state index in [0.717, 1.165) is 5.69 Å². The number of hydrogen-bond donors (Lipinski definition) is 1. The summed E-state index contributed by atoms with van der Waals surface area (Å²) in [7, 11) is 0. The number of alkyl halides is 3. The number of ether oxygens (including phenoxy) is 1. The van der Waals surface area contributed by atoms with E-state index >= 15 is 0 Å². The maximum Gasteiger partial charge on any atom is 0.397 e. The van der Waals surface area contributed by atoms with Crippen molar-refractivity contribution in [2.45, 2.75) is 31.5 Å². The van der Waals surface area contributed by atoms with Gasteiger partial charge >= 0.3 is 6.18 Å². The standard InChI is InChI=1S/C23H25F3N4O3/c24-23(25,26)12-21(31)29-10-7-20(8-11-29)33-19-5-3-17(4-6-19)28-22(32)16-14-30(15-16)18-2-1-9-27-13-18/h1-6,9,13,16,20H,7-8,10-12,14-15H2,(H,28,32). The maximum atomic E-state index is 12.5. The van der Waals surface area contributed by atoms with Gasteiger partial charge in [0.15, 0.2) is 0 Å². The second-order valence-corrected chi connectivity index (χ2v) is 8.32. The number of carbonyl (C=O) groups is 2. The Morgan fingerprint density at radius 2 is 1.79 bits per heavy atom. The molecule has 0 aliphatic carbocycles. The van der Waals surface area contributed by atoms with Crippen molar-refractivity contribution < 1.29 is 27.5 Å². The summed E-state index contributed by atoms with van der Waals surface area (Å²) >= 11 is 0. The van der Waals surface area contributed by atoms with Crippen LogP contribution in [0.15, 0.2) is 48.8 Å². The van der Waals surface area contributed by atoms with Gasteiger partial charge in [0.2, 0.25) is 11.8 Å². The Kier molecular flexibility index (Phi) is 6.71. The second kappa shape index (κ2) is 9.68. The number of nitrogens with one attached hydrogen (secondary N) is 1. The minimum absolute atomic E-state index is 0.0419. The highest BCUT2D eigenvalue weighted by Crippen LogP contribution is 2.26. The molecule has 2 fully saturated rings. The Bertz CT molecular complexity index is 955. The molecular weight excluding hydrogens is 437 g/mol. The van der Waals surface area contributed by atoms with Crippen molar-refractivity contribution in [3.05, 3.63) is 48.8 Å². The molecule has 2 amide bonds. The number of halogens is 3. The molecule has 0 spiro atoms. The van der Waals surface area contributed by atoms with Gasteiger partial charge < -0.3 is 19.9 Å². The summed E-state index contributed by atoms with van der Waals surface area (Å²) in [5.74, 6) is -0.415. The predicted molar refractivity (Wildman–Crippen MR) is 116 cm³/mol. The third-order valence-corrected chi connectivity index (χ3v) is 5.83. The number of piperidine rings is 1. The van der Waals surface area contributed by atoms with E-state index in [0.29, 0.717) is 37.4 Å². The first-order chi connectivity index (χ1) is 15.8. The fourth-order valence-corrected chi connectivity index (χ4v) is 3.96. The molecule has 10 heteroatoms. The fourth-order valence-electron chi connectivity index (χ4n) is 3.96. The number of benzene rings is 1. The predicted octanol–water partition coefficient (Wildman–Crippen LogP) is 3.48. The Morgan fingerprint density at radius 3 is 2.39 bits per heavy atom. The topological polar surface area (TPSA) is 74.8 Å². The number of rotatable bonds is 6. The van der Waals surface area contributed by atoms with Gasteiger partial charge in [0.05, 0.1) is 17.8 Å². The van der Waals surface area contributed by atoms with Gasteiger partial charge in [-0.2, -0.15) is 13.2 Å². The summed E-state index contributed by atoms with van der Waals surface area (Å²) in [6.07, 6.45) is -1.66. The van der Waals surface area contributed by atoms with Gasteiger partial charge in [-0.05, 0) is 36.4 Å². The smallest absolute Gasteiger partial charge is 0.397 e. The van der Waals surface area contributed by atoms with Gasteiger partial charge in [0.1, 0.15) is 18.3 Å². The van der Waals surface area contributed by atoms with Gasteiger partial charge in [-0.3, -0.25) is 14.6 Å². The minimum Gasteiger partial charge on any atom is -0.490 e. The second-order valence-electron chi connectivity index (χ2n) is 8.32. The first kappa shape index (κ1) is 22.9. The molecule has 0 bridgehead atoms. The van der Waals surface area contributed by atoms with Crippen molar-refractivity contribution in [1.29, 1.82) is 0 Å². The van der Waals surface area contributed by atoms with E-state index in [2.05, 4.69) is 15.2 Å². The summed E-state index contributed by atoms with van der Waals surface area (Å²) < 4.78 is 43.1. The lowest BCUT2D eigenvalue weighted by molar-refractivity contribution is -0.162. The lowest BCUT2D eigenvalue weighted by atomic mass is 9.98. The van der Waals surface area contributed by atoms with Crippen LogP contribution in [0.4, 0.5) is 24.5 Å². The van der Waals surface area contributed by atoms with Crippen LogP contribution in [-0.2, 0) is 9.59 Å². The number of anilines is 2. The molecule has 2 saturated heterocycles. The summed E-state index contributed by atoms with van der Waals surface area (Å²) in [4.78, 5) is 31.6. The molecule has 176 valence electrons. The average molecular weight is 462 g/mol. The number of likely N-dealkylation sites (tertiary alicyclic amines) is 1. The zero-order valence-electron chi connectivity index (χ0n) is 17.9. The highest BCUT2D eigenvalue weighted by Gasteiger charge is 2.35. The van der Waals surface area contributed by atoms with E-state index in [1.807, 2.05) is 12.1 Å². The number of pyridine rings is 1. The van der Waals surface area contributed by atoms with Crippen LogP contribution < -0.4 is 15.0 Å². The fraction of sp³-hybridized carbons (Fsp3) is 0.435. The zero-order chi connectivity index (χ0) is 23.4. The van der Waals surface area contributed by atoms with Crippen molar-refractivity contribution in [2.75, 3.05) is 36.4 Å². The maximum absolute atomic E-state index is 12.5. The number of nitrogens with zero attached hydrogens (tertiary/aromatic N) is 3. The Morgan fingerprint density at radius 1 is 1.09 bits per heavy atom. The molecule has 1 aromatic carbocycles. The summed E-state index contributed by atoms with van der Waals surface area (Å²) in [6, 6.07) is 10.8. The van der Waals surface area contributed by atoms with Gasteiger partial charge in [0, 0.05) is 50.9 Å². The van der Waals surface area contributed by atoms with Crippen LogP contribution in [-0.4, -0.2) is 60.2 Å². The molecule has 7 nitrogen and oxygen atoms in total. The van der Waals surface area contributed by atoms with E-state index in [4.69, 9.17) is 4.74 Å². The first-order valence-corrected chi connectivity index (χ1v) is 10.8. The van der Waals surface area contributed by atoms with E-state index in [1.165, 1.54) is 4.90 Å². The first-order valence-electron chi connectivity index (χ1n) is 10.8. The normalized spacial score (nSPS) is 17.4. The van der Waals surface area contributed by atoms with Gasteiger partial charge in [-0.15, -0.1) is 0 Å². The highest BCUT2D eigenvalue weighted by molar-refractivity contribution is 5.94. The summed E-state index contributed by atoms with van der Waals surface area (Å²) in [5, 5.41) is 2.91. The molecule has 33 heavy (non-hydrogen) atoms. The van der Waals surface area contributed by atoms with Crippen LogP contribution in [0.5, 0.6) is 5.75 Å². The van der Waals surface area contributed by atoms with Crippen LogP contribution in [0.25, 0.3) is 0 Å². The number of aromatic nitrogens is 1. The van der Waals surface area contributed by atoms with Crippen molar-refractivity contribution in [3.63, 3.8) is 0 Å². The number of hydrogen-bond acceptors (Lipinski definition) is 5. The average Bonchev–Trinajstić information content (AvgIpc) is 2.74. The van der Waals surface area contributed by atoms with Crippen LogP contribution in [0, 0.1) is 5.92 Å². The van der Waals surface area contributed by atoms with E-state index in [9.17, 15) is 22.8 Å². The molecule has 1 N–H and O–H groups in total. The van der Waals surface area contributed by atoms with Crippen molar-refractivity contribution in [2.24, 2.45) is 5.92 Å². The zero-order valence-corrected chi connectivity index (χ0v) is 17.9. The third-order valence-electron chi connectivity index (χ3n) is 5.83. The highest BCUT2D eigenvalue weighted by atomic mass is 19.4. The lowest BCUT2D eigenvalue weighted by Gasteiger charge is -2.39. The largest absolute Gasteiger partial charge is 0.490 e. The molecule has 0 atom stereocenters. The molecule has 2 aromatic rings. The minimum atomic E-state index is -4.49. The molecule has 2 aliphatic rings. The van der Waals surface area contributed by atoms with Crippen LogP contribution in [0.2, 0.25) is 0 Å². The molecule has 4 rings (SSSR count). The van der Waals surface area contributed by atoms with Crippen molar-refractivity contribution in [1.82, 2.24) is 9.88 Å². The van der Waals surface area contributed by atoms with Gasteiger partial charge in [-0.1, -0.05) is 0 Å². The number of carbonyl (C=O) groups excluding carboxylic acids is 2. The SMILES string of the molecule is O=C(Nc1ccc(OC2CCN(C(=O)CC(F)(F)F)CC2)cc1)C1CN(c2cccnc2)C1. The van der Waals surface area contributed by atoms with Crippen molar-refractivity contribution in [3.8, 4) is 5.75 Å². The van der Waals surface area contributed by atoms with E-state index < -0.39 is 18.5 Å². The van der Waals surface area contributed by atoms with Crippen molar-refractivity contribution >= 4 is 23.2 Å². The molecular formula is C23H25F3N4O3. The molecule has 0 radical (unpaired) electrons. The Hall–Kier alpha value is -3.30. The number of amides is 2. The monoisotopic (exact) mass is 462 g/mol. The summed E-state index contributed by atoms with van der Waals surface area (Å²) in [5.41, 5.74) is 1.67. The third kappa shape index (κ3) is 6.15. The van der Waals surface area contributed by atoms with Gasteiger partial charge in [-0.25, -0.2) is 0 Å². The van der Waals surface area contributed by atoms with Crippen LogP contribution >= 0.6 is 0 Å². The molecule has 1 aromatic heterocycles. The van der Waals surface area contributed by atoms with Crippen LogP contribution in [0.1, 0.15) is 19.3 Å². The van der Waals surface area contributed by atoms with E-state index in [-0.39, 0.29) is 31.0 Å². The Labute approximate surface area is 189 Å². The summed E-state index contributed by atoms with van der Waals surface area (Å²) in [6.45, 7) is 1.77. The molecule has 3 heterocycles. The molecule has 0 unspecified atom stereocenters.